The second-order valence-corrected chi connectivity index (χ2v) is 6.55. The molecule has 1 aliphatic rings. The van der Waals surface area contributed by atoms with E-state index in [1.165, 1.54) is 6.07 Å². The SMILES string of the molecule is CN=C(NCc1cc2c(cc1OC(F)F)OCO2)NCc1nc2ccccc2n1C. The van der Waals surface area contributed by atoms with E-state index in [1.807, 2.05) is 35.9 Å². The summed E-state index contributed by atoms with van der Waals surface area (Å²) in [5.41, 5.74) is 2.44. The van der Waals surface area contributed by atoms with Gasteiger partial charge in [0.15, 0.2) is 17.5 Å². The van der Waals surface area contributed by atoms with Crippen LogP contribution in [-0.2, 0) is 20.1 Å². The van der Waals surface area contributed by atoms with E-state index in [1.54, 1.807) is 13.1 Å². The molecule has 1 aromatic heterocycles. The van der Waals surface area contributed by atoms with Crippen LogP contribution in [0.15, 0.2) is 41.4 Å². The third-order valence-electron chi connectivity index (χ3n) is 4.74. The first-order chi connectivity index (χ1) is 14.5. The Kier molecular flexibility index (Phi) is 5.55. The van der Waals surface area contributed by atoms with Crippen molar-refractivity contribution in [2.75, 3.05) is 13.8 Å². The van der Waals surface area contributed by atoms with Crippen LogP contribution < -0.4 is 24.8 Å². The van der Waals surface area contributed by atoms with E-state index in [2.05, 4.69) is 25.3 Å². The number of alkyl halides is 2. The van der Waals surface area contributed by atoms with Crippen molar-refractivity contribution in [3.63, 3.8) is 0 Å². The molecule has 2 aromatic carbocycles. The van der Waals surface area contributed by atoms with Gasteiger partial charge in [0.05, 0.1) is 17.6 Å². The molecule has 0 atom stereocenters. The third-order valence-corrected chi connectivity index (χ3v) is 4.74. The van der Waals surface area contributed by atoms with Gasteiger partial charge in [0.1, 0.15) is 11.6 Å². The fourth-order valence-electron chi connectivity index (χ4n) is 3.23. The highest BCUT2D eigenvalue weighted by atomic mass is 19.3. The lowest BCUT2D eigenvalue weighted by molar-refractivity contribution is -0.0505. The molecule has 0 saturated heterocycles. The molecule has 4 rings (SSSR count). The van der Waals surface area contributed by atoms with Gasteiger partial charge in [-0.3, -0.25) is 4.99 Å². The Bertz CT molecular complexity index is 1080. The number of nitrogens with zero attached hydrogens (tertiary/aromatic N) is 3. The molecule has 2 N–H and O–H groups in total. The summed E-state index contributed by atoms with van der Waals surface area (Å²) in [7, 11) is 3.57. The molecule has 0 saturated carbocycles. The molecule has 158 valence electrons. The van der Waals surface area contributed by atoms with E-state index in [4.69, 9.17) is 9.47 Å². The van der Waals surface area contributed by atoms with Crippen LogP contribution >= 0.6 is 0 Å². The average molecular weight is 417 g/mol. The largest absolute Gasteiger partial charge is 0.454 e. The van der Waals surface area contributed by atoms with Crippen LogP contribution in [0.1, 0.15) is 11.4 Å². The first-order valence-electron chi connectivity index (χ1n) is 9.27. The standard InChI is InChI=1S/C20H21F2N5O3/c1-23-20(25-10-18-26-13-5-3-4-6-14(13)27(18)2)24-9-12-7-16-17(29-11-28-16)8-15(12)30-19(21)22/h3-8,19H,9-11H2,1-2H3,(H2,23,24,25). The number of hydrogen-bond acceptors (Lipinski definition) is 5. The molecule has 0 radical (unpaired) electrons. The van der Waals surface area contributed by atoms with Crippen LogP contribution in [0.4, 0.5) is 8.78 Å². The maximum atomic E-state index is 12.8. The Balaban J connectivity index is 1.44. The summed E-state index contributed by atoms with van der Waals surface area (Å²) in [4.78, 5) is 8.78. The monoisotopic (exact) mass is 417 g/mol. The number of hydrogen-bond donors (Lipinski definition) is 2. The topological polar surface area (TPSA) is 81.9 Å². The molecule has 0 bridgehead atoms. The summed E-state index contributed by atoms with van der Waals surface area (Å²) in [5, 5.41) is 6.28. The fourth-order valence-corrected chi connectivity index (χ4v) is 3.23. The van der Waals surface area contributed by atoms with E-state index in [0.717, 1.165) is 16.9 Å². The Morgan fingerprint density at radius 2 is 1.93 bits per heavy atom. The normalized spacial score (nSPS) is 13.2. The van der Waals surface area contributed by atoms with Crippen LogP contribution in [0.3, 0.4) is 0 Å². The molecule has 0 spiro atoms. The summed E-state index contributed by atoms with van der Waals surface area (Å²) in [6.45, 7) is -2.27. The van der Waals surface area contributed by atoms with E-state index in [9.17, 15) is 8.78 Å². The second-order valence-electron chi connectivity index (χ2n) is 6.55. The number of aromatic nitrogens is 2. The van der Waals surface area contributed by atoms with Gasteiger partial charge < -0.3 is 29.4 Å². The van der Waals surface area contributed by atoms with Crippen LogP contribution in [0, 0.1) is 0 Å². The predicted octanol–water partition coefficient (Wildman–Crippen LogP) is 2.77. The number of benzene rings is 2. The summed E-state index contributed by atoms with van der Waals surface area (Å²) in [6, 6.07) is 10.9. The summed E-state index contributed by atoms with van der Waals surface area (Å²) < 4.78 is 42.8. The zero-order valence-electron chi connectivity index (χ0n) is 16.5. The Labute approximate surface area is 171 Å². The molecule has 8 nitrogen and oxygen atoms in total. The maximum Gasteiger partial charge on any atom is 0.387 e. The number of fused-ring (bicyclic) bond motifs is 2. The highest BCUT2D eigenvalue weighted by molar-refractivity contribution is 5.80. The number of aliphatic imine (C=N–C) groups is 1. The lowest BCUT2D eigenvalue weighted by Crippen LogP contribution is -2.37. The van der Waals surface area contributed by atoms with Gasteiger partial charge >= 0.3 is 6.61 Å². The number of imidazole rings is 1. The molecule has 2 heterocycles. The lowest BCUT2D eigenvalue weighted by atomic mass is 10.1. The summed E-state index contributed by atoms with van der Waals surface area (Å²) >= 11 is 0. The fraction of sp³-hybridized carbons (Fsp3) is 0.300. The van der Waals surface area contributed by atoms with Gasteiger partial charge in [0.2, 0.25) is 6.79 Å². The van der Waals surface area contributed by atoms with E-state index >= 15 is 0 Å². The number of nitrogens with one attached hydrogen (secondary N) is 2. The highest BCUT2D eigenvalue weighted by Gasteiger charge is 2.20. The Hall–Kier alpha value is -3.56. The van der Waals surface area contributed by atoms with Crippen molar-refractivity contribution in [1.82, 2.24) is 20.2 Å². The van der Waals surface area contributed by atoms with Gasteiger partial charge in [-0.1, -0.05) is 12.1 Å². The van der Waals surface area contributed by atoms with E-state index in [-0.39, 0.29) is 19.1 Å². The third kappa shape index (κ3) is 4.07. The Morgan fingerprint density at radius 3 is 2.67 bits per heavy atom. The Morgan fingerprint density at radius 1 is 1.20 bits per heavy atom. The lowest BCUT2D eigenvalue weighted by Gasteiger charge is -2.15. The zero-order valence-corrected chi connectivity index (χ0v) is 16.5. The highest BCUT2D eigenvalue weighted by Crippen LogP contribution is 2.38. The first-order valence-corrected chi connectivity index (χ1v) is 9.27. The number of para-hydroxylation sites is 2. The number of guanidine groups is 1. The summed E-state index contributed by atoms with van der Waals surface area (Å²) in [6.07, 6.45) is 0. The van der Waals surface area contributed by atoms with Gasteiger partial charge in [-0.15, -0.1) is 0 Å². The van der Waals surface area contributed by atoms with Gasteiger partial charge in [-0.2, -0.15) is 8.78 Å². The first kappa shape index (κ1) is 19.7. The minimum absolute atomic E-state index is 0.0209. The van der Waals surface area contributed by atoms with Crippen molar-refractivity contribution in [1.29, 1.82) is 0 Å². The van der Waals surface area contributed by atoms with Gasteiger partial charge in [-0.25, -0.2) is 4.98 Å². The minimum atomic E-state index is -2.95. The number of halogens is 2. The van der Waals surface area contributed by atoms with Gasteiger partial charge in [-0.05, 0) is 18.2 Å². The number of rotatable bonds is 6. The van der Waals surface area contributed by atoms with Crippen LogP contribution in [0.25, 0.3) is 11.0 Å². The van der Waals surface area contributed by atoms with Crippen LogP contribution in [0.5, 0.6) is 17.2 Å². The van der Waals surface area contributed by atoms with Crippen molar-refractivity contribution in [2.24, 2.45) is 12.0 Å². The molecular formula is C20H21F2N5O3. The molecule has 30 heavy (non-hydrogen) atoms. The summed E-state index contributed by atoms with van der Waals surface area (Å²) in [5.74, 6) is 2.20. The molecular weight excluding hydrogens is 396 g/mol. The molecule has 0 amide bonds. The maximum absolute atomic E-state index is 12.8. The molecule has 10 heteroatoms. The number of aryl methyl sites for hydroxylation is 1. The zero-order chi connectivity index (χ0) is 21.1. The molecule has 1 aliphatic heterocycles. The minimum Gasteiger partial charge on any atom is -0.454 e. The van der Waals surface area contributed by atoms with Crippen molar-refractivity contribution in [2.45, 2.75) is 19.7 Å². The predicted molar refractivity (Wildman–Crippen MR) is 107 cm³/mol. The van der Waals surface area contributed by atoms with Crippen molar-refractivity contribution >= 4 is 17.0 Å². The van der Waals surface area contributed by atoms with Crippen LogP contribution in [0.2, 0.25) is 0 Å². The van der Waals surface area contributed by atoms with Crippen LogP contribution in [-0.4, -0.2) is 36.0 Å². The molecule has 0 fully saturated rings. The van der Waals surface area contributed by atoms with E-state index in [0.29, 0.717) is 29.6 Å². The second kappa shape index (κ2) is 8.44. The number of ether oxygens (including phenoxy) is 3. The van der Waals surface area contributed by atoms with E-state index < -0.39 is 6.61 Å². The van der Waals surface area contributed by atoms with Crippen molar-refractivity contribution < 1.29 is 23.0 Å². The van der Waals surface area contributed by atoms with Gasteiger partial charge in [0, 0.05) is 32.3 Å². The smallest absolute Gasteiger partial charge is 0.387 e. The average Bonchev–Trinajstić information content (AvgIpc) is 3.31. The quantitative estimate of drug-likeness (QED) is 0.474. The van der Waals surface area contributed by atoms with Crippen molar-refractivity contribution in [3.8, 4) is 17.2 Å². The molecule has 3 aromatic rings. The van der Waals surface area contributed by atoms with Gasteiger partial charge in [0.25, 0.3) is 0 Å². The van der Waals surface area contributed by atoms with Crippen molar-refractivity contribution in [3.05, 3.63) is 47.8 Å². The molecule has 0 aliphatic carbocycles. The molecule has 0 unspecified atom stereocenters.